The molecule has 234 valence electrons. The predicted molar refractivity (Wildman–Crippen MR) is 157 cm³/mol. The second-order valence-electron chi connectivity index (χ2n) is 11.3. The van der Waals surface area contributed by atoms with Crippen molar-refractivity contribution in [3.63, 3.8) is 0 Å². The van der Waals surface area contributed by atoms with Crippen molar-refractivity contribution in [3.05, 3.63) is 118 Å². The maximum atomic E-state index is 14.9. The Morgan fingerprint density at radius 1 is 0.600 bits per heavy atom. The molecule has 10 heteroatoms. The molecule has 0 bridgehead atoms. The van der Waals surface area contributed by atoms with Crippen LogP contribution >= 0.6 is 0 Å². The van der Waals surface area contributed by atoms with Gasteiger partial charge in [0.1, 0.15) is 59.8 Å². The molecule has 2 atom stereocenters. The van der Waals surface area contributed by atoms with Gasteiger partial charge >= 0.3 is 11.9 Å². The minimum Gasteiger partial charge on any atom is -0.459 e. The first-order valence-electron chi connectivity index (χ1n) is 14.1. The highest BCUT2D eigenvalue weighted by atomic mass is 19.1. The second-order valence-corrected chi connectivity index (χ2v) is 11.3. The summed E-state index contributed by atoms with van der Waals surface area (Å²) < 4.78 is 81.3. The smallest absolute Gasteiger partial charge is 0.344 e. The number of hydrogen-bond acceptors (Lipinski definition) is 6. The molecule has 0 N–H and O–H groups in total. The molecular formula is C35H30F4O6. The third-order valence-electron chi connectivity index (χ3n) is 7.30. The number of carbonyl (C=O) groups excluding carboxylic acids is 2. The van der Waals surface area contributed by atoms with Gasteiger partial charge in [0.15, 0.2) is 5.79 Å². The van der Waals surface area contributed by atoms with Crippen LogP contribution in [0.25, 0.3) is 22.3 Å². The first-order valence-corrected chi connectivity index (χ1v) is 14.1. The van der Waals surface area contributed by atoms with Gasteiger partial charge in [-0.2, -0.15) is 0 Å². The van der Waals surface area contributed by atoms with Gasteiger partial charge in [-0.3, -0.25) is 0 Å². The Bertz CT molecular complexity index is 1560. The topological polar surface area (TPSA) is 71.1 Å². The molecule has 45 heavy (non-hydrogen) atoms. The van der Waals surface area contributed by atoms with Crippen LogP contribution < -0.4 is 0 Å². The summed E-state index contributed by atoms with van der Waals surface area (Å²) in [6, 6.07) is 18.1. The Morgan fingerprint density at radius 2 is 0.911 bits per heavy atom. The summed E-state index contributed by atoms with van der Waals surface area (Å²) in [5.74, 6) is -8.20. The molecule has 0 spiro atoms. The molecule has 0 aromatic heterocycles. The van der Waals surface area contributed by atoms with E-state index in [1.54, 1.807) is 62.4 Å². The van der Waals surface area contributed by atoms with E-state index in [2.05, 4.69) is 0 Å². The predicted octanol–water partition coefficient (Wildman–Crippen LogP) is 7.73. The third kappa shape index (κ3) is 7.24. The lowest BCUT2D eigenvalue weighted by molar-refractivity contribution is -0.152. The third-order valence-corrected chi connectivity index (χ3v) is 7.30. The fourth-order valence-corrected chi connectivity index (χ4v) is 5.01. The molecule has 0 amide bonds. The van der Waals surface area contributed by atoms with Crippen molar-refractivity contribution in [2.75, 3.05) is 13.2 Å². The highest BCUT2D eigenvalue weighted by molar-refractivity contribution is 5.91. The number of hydrogen-bond donors (Lipinski definition) is 0. The Morgan fingerprint density at radius 3 is 1.22 bits per heavy atom. The van der Waals surface area contributed by atoms with E-state index in [4.69, 9.17) is 18.9 Å². The van der Waals surface area contributed by atoms with E-state index in [9.17, 15) is 27.2 Å². The van der Waals surface area contributed by atoms with Crippen LogP contribution in [0.3, 0.4) is 0 Å². The fourth-order valence-electron chi connectivity index (χ4n) is 5.01. The van der Waals surface area contributed by atoms with Crippen LogP contribution in [0.5, 0.6) is 0 Å². The van der Waals surface area contributed by atoms with Crippen molar-refractivity contribution in [1.29, 1.82) is 0 Å². The molecule has 1 aliphatic heterocycles. The summed E-state index contributed by atoms with van der Waals surface area (Å²) in [6.07, 6.45) is -2.07. The zero-order valence-electron chi connectivity index (χ0n) is 25.0. The summed E-state index contributed by atoms with van der Waals surface area (Å²) in [4.78, 5) is 25.4. The lowest BCUT2D eigenvalue weighted by atomic mass is 10.0. The molecule has 6 nitrogen and oxygen atoms in total. The van der Waals surface area contributed by atoms with Crippen molar-refractivity contribution in [3.8, 4) is 22.3 Å². The lowest BCUT2D eigenvalue weighted by Gasteiger charge is -2.17. The fraction of sp³-hybridized carbons (Fsp3) is 0.257. The monoisotopic (exact) mass is 622 g/mol. The Kier molecular flexibility index (Phi) is 9.08. The van der Waals surface area contributed by atoms with Crippen molar-refractivity contribution in [2.45, 2.75) is 45.7 Å². The van der Waals surface area contributed by atoms with E-state index >= 15 is 0 Å². The number of benzene rings is 4. The van der Waals surface area contributed by atoms with Crippen LogP contribution in [-0.4, -0.2) is 43.1 Å². The largest absolute Gasteiger partial charge is 0.459 e. The van der Waals surface area contributed by atoms with Crippen LogP contribution in [0, 0.1) is 37.1 Å². The maximum Gasteiger partial charge on any atom is 0.344 e. The molecule has 4 aromatic rings. The number of rotatable bonds is 8. The van der Waals surface area contributed by atoms with Gasteiger partial charge < -0.3 is 18.9 Å². The van der Waals surface area contributed by atoms with Crippen molar-refractivity contribution < 1.29 is 46.1 Å². The van der Waals surface area contributed by atoms with Crippen molar-refractivity contribution in [1.82, 2.24) is 0 Å². The first kappa shape index (κ1) is 31.9. The van der Waals surface area contributed by atoms with Crippen molar-refractivity contribution >= 4 is 11.9 Å². The van der Waals surface area contributed by atoms with E-state index < -0.39 is 77.5 Å². The Labute approximate surface area is 257 Å². The number of ether oxygens (including phenoxy) is 4. The van der Waals surface area contributed by atoms with E-state index in [1.165, 1.54) is 0 Å². The van der Waals surface area contributed by atoms with Crippen molar-refractivity contribution in [2.24, 2.45) is 0 Å². The zero-order chi connectivity index (χ0) is 32.5. The summed E-state index contributed by atoms with van der Waals surface area (Å²) >= 11 is 0. The molecule has 4 aromatic carbocycles. The molecule has 0 saturated carbocycles. The highest BCUT2D eigenvalue weighted by Crippen LogP contribution is 2.31. The minimum atomic E-state index is -1.28. The molecule has 1 aliphatic rings. The normalized spacial score (nSPS) is 17.2. The SMILES string of the molecule is Cc1ccc(-c2cc(F)c(C(=O)OC[C@H]3OC(C)(C)O[C@@H]3COC(=O)c3c(F)cc(-c4ccc(C)cc4)cc3F)c(F)c2)cc1. The van der Waals surface area contributed by atoms with Crippen LogP contribution in [0.2, 0.25) is 0 Å². The standard InChI is InChI=1S/C35H30F4O6/c1-19-5-9-21(10-6-19)23-13-25(36)31(26(37)14-23)33(40)42-17-29-30(45-35(3,4)44-29)18-43-34(41)32-27(38)15-24(16-28(32)39)22-11-7-20(2)8-12-22/h5-16,29-30H,17-18H2,1-4H3/t29-,30-/m1/s1. The van der Waals surface area contributed by atoms with Gasteiger partial charge in [-0.1, -0.05) is 59.7 Å². The molecule has 0 radical (unpaired) electrons. The van der Waals surface area contributed by atoms with Crippen LogP contribution in [0.1, 0.15) is 45.7 Å². The number of aryl methyl sites for hydroxylation is 2. The van der Waals surface area contributed by atoms with Gasteiger partial charge in [0.25, 0.3) is 0 Å². The van der Waals surface area contributed by atoms with Gasteiger partial charge in [-0.05, 0) is 74.2 Å². The first-order chi connectivity index (χ1) is 21.3. The Hall–Kier alpha value is -4.54. The highest BCUT2D eigenvalue weighted by Gasteiger charge is 2.43. The summed E-state index contributed by atoms with van der Waals surface area (Å²) in [5.41, 5.74) is 1.81. The maximum absolute atomic E-state index is 14.9. The molecule has 1 saturated heterocycles. The summed E-state index contributed by atoms with van der Waals surface area (Å²) in [5, 5.41) is 0. The molecule has 0 unspecified atom stereocenters. The molecule has 5 rings (SSSR count). The molecule has 0 aliphatic carbocycles. The van der Waals surface area contributed by atoms with Gasteiger partial charge in [0.2, 0.25) is 0 Å². The number of halogens is 4. The van der Waals surface area contributed by atoms with Crippen LogP contribution in [-0.2, 0) is 18.9 Å². The number of esters is 2. The van der Waals surface area contributed by atoms with E-state index in [-0.39, 0.29) is 11.1 Å². The molecular weight excluding hydrogens is 592 g/mol. The average molecular weight is 623 g/mol. The van der Waals surface area contributed by atoms with E-state index in [0.717, 1.165) is 35.4 Å². The van der Waals surface area contributed by atoms with E-state index in [1.807, 2.05) is 13.8 Å². The quantitative estimate of drug-likeness (QED) is 0.148. The molecule has 1 fully saturated rings. The zero-order valence-corrected chi connectivity index (χ0v) is 25.0. The van der Waals surface area contributed by atoms with E-state index in [0.29, 0.717) is 11.1 Å². The summed E-state index contributed by atoms with van der Waals surface area (Å²) in [6.45, 7) is 5.83. The van der Waals surface area contributed by atoms with Gasteiger partial charge in [0, 0.05) is 0 Å². The van der Waals surface area contributed by atoms with Gasteiger partial charge in [-0.25, -0.2) is 27.2 Å². The van der Waals surface area contributed by atoms with Crippen LogP contribution in [0.4, 0.5) is 17.6 Å². The lowest BCUT2D eigenvalue weighted by Crippen LogP contribution is -2.33. The van der Waals surface area contributed by atoms with Gasteiger partial charge in [-0.15, -0.1) is 0 Å². The molecule has 1 heterocycles. The number of carbonyl (C=O) groups is 2. The van der Waals surface area contributed by atoms with Crippen LogP contribution in [0.15, 0.2) is 72.8 Å². The van der Waals surface area contributed by atoms with Gasteiger partial charge in [0.05, 0.1) is 0 Å². The second kappa shape index (κ2) is 12.8. The Balaban J connectivity index is 1.24. The minimum absolute atomic E-state index is 0.246. The summed E-state index contributed by atoms with van der Waals surface area (Å²) in [7, 11) is 0. The average Bonchev–Trinajstić information content (AvgIpc) is 3.28.